The minimum absolute atomic E-state index is 0.0222. The van der Waals surface area contributed by atoms with Gasteiger partial charge >= 0.3 is 0 Å². The summed E-state index contributed by atoms with van der Waals surface area (Å²) in [5.41, 5.74) is 8.42. The van der Waals surface area contributed by atoms with Crippen molar-refractivity contribution in [1.82, 2.24) is 10.6 Å². The van der Waals surface area contributed by atoms with Crippen LogP contribution in [0.1, 0.15) is 13.3 Å². The predicted octanol–water partition coefficient (Wildman–Crippen LogP) is 1.19. The van der Waals surface area contributed by atoms with E-state index in [1.54, 1.807) is 0 Å². The maximum Gasteiger partial charge on any atom is 0.0447 e. The summed E-state index contributed by atoms with van der Waals surface area (Å²) >= 11 is 0. The molecule has 5 heteroatoms. The van der Waals surface area contributed by atoms with Gasteiger partial charge in [0, 0.05) is 35.5 Å². The zero-order chi connectivity index (χ0) is 10.7. The number of piperidine rings is 1. The molecule has 0 aromatic carbocycles. The second-order valence-electron chi connectivity index (χ2n) is 4.42. The van der Waals surface area contributed by atoms with Crippen LogP contribution in [0.25, 0.3) is 10.4 Å². The largest absolute Gasteiger partial charge is 0.316 e. The highest BCUT2D eigenvalue weighted by atomic mass is 15.2. The Labute approximate surface area is 89.6 Å². The minimum Gasteiger partial charge on any atom is -0.316 e. The Morgan fingerprint density at radius 3 is 3.27 bits per heavy atom. The normalized spacial score (nSPS) is 39.3. The first-order valence-electron chi connectivity index (χ1n) is 5.44. The molecule has 2 aliphatic rings. The van der Waals surface area contributed by atoms with Crippen LogP contribution in [0.2, 0.25) is 0 Å². The lowest BCUT2D eigenvalue weighted by molar-refractivity contribution is 0.176. The fourth-order valence-electron chi connectivity index (χ4n) is 2.58. The highest BCUT2D eigenvalue weighted by molar-refractivity contribution is 5.15. The molecule has 0 bridgehead atoms. The van der Waals surface area contributed by atoms with Crippen molar-refractivity contribution in [2.24, 2.45) is 11.0 Å². The van der Waals surface area contributed by atoms with E-state index in [9.17, 15) is 0 Å². The van der Waals surface area contributed by atoms with Gasteiger partial charge in [0.25, 0.3) is 0 Å². The third-order valence-electron chi connectivity index (χ3n) is 3.39. The molecule has 0 aliphatic carbocycles. The molecule has 2 aliphatic heterocycles. The summed E-state index contributed by atoms with van der Waals surface area (Å²) in [4.78, 5) is 2.88. The van der Waals surface area contributed by atoms with Crippen molar-refractivity contribution < 1.29 is 0 Å². The zero-order valence-corrected chi connectivity index (χ0v) is 8.98. The van der Waals surface area contributed by atoms with Crippen LogP contribution in [0.3, 0.4) is 0 Å². The van der Waals surface area contributed by atoms with E-state index in [-0.39, 0.29) is 5.54 Å². The third kappa shape index (κ3) is 2.00. The van der Waals surface area contributed by atoms with Gasteiger partial charge in [-0.1, -0.05) is 17.3 Å². The molecule has 3 atom stereocenters. The van der Waals surface area contributed by atoms with Crippen LogP contribution in [-0.4, -0.2) is 31.2 Å². The topological polar surface area (TPSA) is 72.8 Å². The Balaban J connectivity index is 2.21. The van der Waals surface area contributed by atoms with Gasteiger partial charge < -0.3 is 10.6 Å². The van der Waals surface area contributed by atoms with Crippen molar-refractivity contribution in [2.45, 2.75) is 24.9 Å². The second kappa shape index (κ2) is 4.23. The molecule has 5 nitrogen and oxygen atoms in total. The molecule has 1 fully saturated rings. The summed E-state index contributed by atoms with van der Waals surface area (Å²) < 4.78 is 0. The molecule has 82 valence electrons. The Morgan fingerprint density at radius 2 is 2.47 bits per heavy atom. The van der Waals surface area contributed by atoms with Crippen LogP contribution in [-0.2, 0) is 0 Å². The maximum atomic E-state index is 8.45. The summed E-state index contributed by atoms with van der Waals surface area (Å²) in [5, 5.41) is 10.7. The highest BCUT2D eigenvalue weighted by Gasteiger charge is 2.41. The Bertz CT molecular complexity index is 307. The predicted molar refractivity (Wildman–Crippen MR) is 59.5 cm³/mol. The summed E-state index contributed by atoms with van der Waals surface area (Å²) in [6.07, 6.45) is 5.46. The molecule has 0 spiro atoms. The molecule has 0 amide bonds. The van der Waals surface area contributed by atoms with E-state index in [0.29, 0.717) is 18.5 Å². The molecule has 0 aromatic heterocycles. The van der Waals surface area contributed by atoms with Crippen LogP contribution >= 0.6 is 0 Å². The Kier molecular flexibility index (Phi) is 2.95. The Morgan fingerprint density at radius 1 is 1.60 bits per heavy atom. The van der Waals surface area contributed by atoms with E-state index in [2.05, 4.69) is 39.7 Å². The molecule has 1 saturated heterocycles. The zero-order valence-electron chi connectivity index (χ0n) is 8.98. The van der Waals surface area contributed by atoms with Gasteiger partial charge in [-0.3, -0.25) is 0 Å². The first kappa shape index (κ1) is 10.5. The quantitative estimate of drug-likeness (QED) is 0.309. The van der Waals surface area contributed by atoms with Gasteiger partial charge in [-0.15, -0.1) is 0 Å². The van der Waals surface area contributed by atoms with Gasteiger partial charge in [0.15, 0.2) is 0 Å². The lowest BCUT2D eigenvalue weighted by Crippen LogP contribution is -2.63. The van der Waals surface area contributed by atoms with Gasteiger partial charge in [-0.2, -0.15) is 0 Å². The smallest absolute Gasteiger partial charge is 0.0447 e. The van der Waals surface area contributed by atoms with Crippen LogP contribution in [0.15, 0.2) is 17.3 Å². The summed E-state index contributed by atoms with van der Waals surface area (Å²) in [6.45, 7) is 4.64. The van der Waals surface area contributed by atoms with Gasteiger partial charge in [0.1, 0.15) is 0 Å². The van der Waals surface area contributed by atoms with Gasteiger partial charge in [-0.25, -0.2) is 0 Å². The van der Waals surface area contributed by atoms with Crippen LogP contribution in [0.5, 0.6) is 0 Å². The lowest BCUT2D eigenvalue weighted by atomic mass is 9.75. The van der Waals surface area contributed by atoms with Crippen LogP contribution in [0, 0.1) is 5.92 Å². The Hall–Kier alpha value is -1.03. The molecule has 2 heterocycles. The van der Waals surface area contributed by atoms with Gasteiger partial charge in [-0.05, 0) is 25.4 Å². The molecule has 2 rings (SSSR count). The number of fused-ring (bicyclic) bond motifs is 1. The van der Waals surface area contributed by atoms with Crippen molar-refractivity contribution in [3.05, 3.63) is 22.6 Å². The van der Waals surface area contributed by atoms with E-state index in [1.807, 2.05) is 0 Å². The van der Waals surface area contributed by atoms with Gasteiger partial charge in [0.05, 0.1) is 0 Å². The monoisotopic (exact) mass is 207 g/mol. The molecule has 0 unspecified atom stereocenters. The standard InChI is InChI=1S/C10H17N5/c1-8-2-3-9-6-12-5-4-10(9,14-8)7-13-15-11/h2-3,8-9,12,14H,4-7H2,1H3/t8-,9-,10+/m1/s1. The van der Waals surface area contributed by atoms with Crippen molar-refractivity contribution in [3.63, 3.8) is 0 Å². The number of hydrogen-bond acceptors (Lipinski definition) is 3. The van der Waals surface area contributed by atoms with E-state index in [1.165, 1.54) is 0 Å². The molecular formula is C10H17N5. The SMILES string of the molecule is C[C@@H]1C=C[C@@H]2CNCC[C@@]2(CN=[N+]=[N-])N1. The average molecular weight is 207 g/mol. The van der Waals surface area contributed by atoms with E-state index in [0.717, 1.165) is 19.5 Å². The molecule has 15 heavy (non-hydrogen) atoms. The number of azide groups is 1. The van der Waals surface area contributed by atoms with E-state index >= 15 is 0 Å². The number of nitrogens with one attached hydrogen (secondary N) is 2. The number of rotatable bonds is 2. The lowest BCUT2D eigenvalue weighted by Gasteiger charge is -2.47. The van der Waals surface area contributed by atoms with Crippen molar-refractivity contribution in [3.8, 4) is 0 Å². The van der Waals surface area contributed by atoms with E-state index < -0.39 is 0 Å². The fraction of sp³-hybridized carbons (Fsp3) is 0.800. The summed E-state index contributed by atoms with van der Waals surface area (Å²) in [7, 11) is 0. The van der Waals surface area contributed by atoms with E-state index in [4.69, 9.17) is 5.53 Å². The first-order chi connectivity index (χ1) is 7.27. The molecule has 0 radical (unpaired) electrons. The fourth-order valence-corrected chi connectivity index (χ4v) is 2.58. The maximum absolute atomic E-state index is 8.45. The molecule has 2 N–H and O–H groups in total. The van der Waals surface area contributed by atoms with Crippen molar-refractivity contribution in [1.29, 1.82) is 0 Å². The first-order valence-corrected chi connectivity index (χ1v) is 5.44. The summed E-state index contributed by atoms with van der Waals surface area (Å²) in [6, 6.07) is 0.369. The second-order valence-corrected chi connectivity index (χ2v) is 4.42. The van der Waals surface area contributed by atoms with Crippen LogP contribution in [0.4, 0.5) is 0 Å². The summed E-state index contributed by atoms with van der Waals surface area (Å²) in [5.74, 6) is 0.438. The van der Waals surface area contributed by atoms with Gasteiger partial charge in [0.2, 0.25) is 0 Å². The highest BCUT2D eigenvalue weighted by Crippen LogP contribution is 2.30. The molecule has 0 aromatic rings. The molecule has 0 saturated carbocycles. The number of hydrogen-bond donors (Lipinski definition) is 2. The van der Waals surface area contributed by atoms with Crippen LogP contribution < -0.4 is 10.6 Å². The third-order valence-corrected chi connectivity index (χ3v) is 3.39. The molecular weight excluding hydrogens is 190 g/mol. The van der Waals surface area contributed by atoms with Crippen molar-refractivity contribution >= 4 is 0 Å². The minimum atomic E-state index is -0.0222. The van der Waals surface area contributed by atoms with Crippen molar-refractivity contribution in [2.75, 3.05) is 19.6 Å². The average Bonchev–Trinajstić information content (AvgIpc) is 2.26. The number of nitrogens with zero attached hydrogens (tertiary/aromatic N) is 3.